The van der Waals surface area contributed by atoms with Gasteiger partial charge in [0.15, 0.2) is 0 Å². The van der Waals surface area contributed by atoms with E-state index in [1.54, 1.807) is 0 Å². The van der Waals surface area contributed by atoms with Crippen LogP contribution in [-0.4, -0.2) is 22.7 Å². The summed E-state index contributed by atoms with van der Waals surface area (Å²) in [7, 11) is 0. The summed E-state index contributed by atoms with van der Waals surface area (Å²) in [5, 5.41) is 10.9. The average Bonchev–Trinajstić information content (AvgIpc) is 3.23. The van der Waals surface area contributed by atoms with Crippen LogP contribution in [0.2, 0.25) is 0 Å². The lowest BCUT2D eigenvalue weighted by molar-refractivity contribution is 0.248. The summed E-state index contributed by atoms with van der Waals surface area (Å²) >= 11 is 1.83. The third-order valence-corrected chi connectivity index (χ3v) is 4.49. The van der Waals surface area contributed by atoms with Gasteiger partial charge in [-0.2, -0.15) is 0 Å². The van der Waals surface area contributed by atoms with Crippen molar-refractivity contribution >= 4 is 11.3 Å². The van der Waals surface area contributed by atoms with Crippen molar-refractivity contribution in [3.63, 3.8) is 0 Å². The molecule has 108 valence electrons. The van der Waals surface area contributed by atoms with E-state index < -0.39 is 0 Å². The van der Waals surface area contributed by atoms with Gasteiger partial charge < -0.3 is 5.11 Å². The summed E-state index contributed by atoms with van der Waals surface area (Å²) in [6.07, 6.45) is 2.63. The summed E-state index contributed by atoms with van der Waals surface area (Å²) in [6.45, 7) is 1.92. The second-order valence-corrected chi connectivity index (χ2v) is 6.41. The average molecular weight is 297 g/mol. The Morgan fingerprint density at radius 1 is 1.19 bits per heavy atom. The van der Waals surface area contributed by atoms with Crippen molar-refractivity contribution in [1.82, 2.24) is 4.90 Å². The van der Waals surface area contributed by atoms with Gasteiger partial charge in [-0.25, -0.2) is 0 Å². The Labute approximate surface area is 130 Å². The smallest absolute Gasteiger partial charge is 0.104 e. The van der Waals surface area contributed by atoms with Gasteiger partial charge in [0.1, 0.15) is 6.61 Å². The van der Waals surface area contributed by atoms with Gasteiger partial charge in [-0.15, -0.1) is 11.3 Å². The zero-order valence-corrected chi connectivity index (χ0v) is 12.8. The molecule has 0 saturated heterocycles. The number of benzene rings is 1. The summed E-state index contributed by atoms with van der Waals surface area (Å²) < 4.78 is 0. The Hall–Kier alpha value is -1.60. The summed E-state index contributed by atoms with van der Waals surface area (Å²) in [6, 6.07) is 13.4. The minimum atomic E-state index is -0.0865. The molecule has 1 aliphatic rings. The van der Waals surface area contributed by atoms with Gasteiger partial charge in [-0.05, 0) is 42.0 Å². The van der Waals surface area contributed by atoms with E-state index >= 15 is 0 Å². The Kier molecular flexibility index (Phi) is 4.72. The van der Waals surface area contributed by atoms with Crippen LogP contribution in [0.15, 0.2) is 41.8 Å². The first-order chi connectivity index (χ1) is 10.3. The maximum absolute atomic E-state index is 8.79. The molecular weight excluding hydrogens is 278 g/mol. The molecule has 1 aromatic heterocycles. The number of rotatable bonds is 5. The molecule has 0 radical (unpaired) electrons. The number of hydrogen-bond donors (Lipinski definition) is 1. The van der Waals surface area contributed by atoms with Gasteiger partial charge in [0.2, 0.25) is 0 Å². The van der Waals surface area contributed by atoms with Crippen LogP contribution in [0.4, 0.5) is 0 Å². The van der Waals surface area contributed by atoms with Crippen molar-refractivity contribution in [3.8, 4) is 11.8 Å². The fraction of sp³-hybridized carbons (Fsp3) is 0.333. The molecular formula is C18H19NOS. The van der Waals surface area contributed by atoms with Crippen LogP contribution in [0.5, 0.6) is 0 Å². The lowest BCUT2D eigenvalue weighted by atomic mass is 10.1. The lowest BCUT2D eigenvalue weighted by Gasteiger charge is -2.21. The van der Waals surface area contributed by atoms with Crippen molar-refractivity contribution < 1.29 is 5.11 Å². The molecule has 1 fully saturated rings. The van der Waals surface area contributed by atoms with E-state index in [-0.39, 0.29) is 6.61 Å². The fourth-order valence-electron chi connectivity index (χ4n) is 2.48. The third kappa shape index (κ3) is 4.18. The van der Waals surface area contributed by atoms with Crippen LogP contribution in [0, 0.1) is 11.8 Å². The molecule has 3 rings (SSSR count). The first-order valence-electron chi connectivity index (χ1n) is 7.30. The van der Waals surface area contributed by atoms with Crippen molar-refractivity contribution in [2.45, 2.75) is 32.0 Å². The van der Waals surface area contributed by atoms with E-state index in [9.17, 15) is 0 Å². The maximum atomic E-state index is 8.79. The van der Waals surface area contributed by atoms with Gasteiger partial charge in [0.25, 0.3) is 0 Å². The molecule has 1 aromatic carbocycles. The predicted octanol–water partition coefficient (Wildman–Crippen LogP) is 3.26. The van der Waals surface area contributed by atoms with Crippen molar-refractivity contribution in [3.05, 3.63) is 57.8 Å². The Balaban J connectivity index is 1.70. The molecule has 0 bridgehead atoms. The summed E-state index contributed by atoms with van der Waals surface area (Å²) in [5.74, 6) is 5.69. The third-order valence-electron chi connectivity index (χ3n) is 3.63. The van der Waals surface area contributed by atoms with Crippen molar-refractivity contribution in [2.75, 3.05) is 6.61 Å². The normalized spacial score (nSPS) is 14.0. The number of nitrogens with zero attached hydrogens (tertiary/aromatic N) is 1. The molecule has 0 atom stereocenters. The minimum absolute atomic E-state index is 0.0865. The van der Waals surface area contributed by atoms with Crippen molar-refractivity contribution in [1.29, 1.82) is 0 Å². The van der Waals surface area contributed by atoms with E-state index in [1.807, 2.05) is 23.5 Å². The Morgan fingerprint density at radius 2 is 2.10 bits per heavy atom. The zero-order valence-electron chi connectivity index (χ0n) is 12.0. The molecule has 0 amide bonds. The Morgan fingerprint density at radius 3 is 2.81 bits per heavy atom. The van der Waals surface area contributed by atoms with Crippen LogP contribution in [0.1, 0.15) is 28.8 Å². The van der Waals surface area contributed by atoms with Gasteiger partial charge in [0.05, 0.1) is 0 Å². The first kappa shape index (κ1) is 14.3. The fourth-order valence-corrected chi connectivity index (χ4v) is 3.21. The molecule has 0 aliphatic heterocycles. The highest BCUT2D eigenvalue weighted by molar-refractivity contribution is 7.09. The number of thiophene rings is 1. The van der Waals surface area contributed by atoms with E-state index in [2.05, 4.69) is 46.4 Å². The second-order valence-electron chi connectivity index (χ2n) is 5.38. The SMILES string of the molecule is OCC#Cc1cccc(CN(Cc2cccs2)C2CC2)c1. The molecule has 1 saturated carbocycles. The molecule has 1 N–H and O–H groups in total. The van der Waals surface area contributed by atoms with Crippen LogP contribution >= 0.6 is 11.3 Å². The quantitative estimate of drug-likeness (QED) is 0.856. The van der Waals surface area contributed by atoms with Gasteiger partial charge in [-0.1, -0.05) is 30.0 Å². The van der Waals surface area contributed by atoms with E-state index in [0.717, 1.165) is 24.7 Å². The lowest BCUT2D eigenvalue weighted by Crippen LogP contribution is -2.24. The van der Waals surface area contributed by atoms with Gasteiger partial charge in [0, 0.05) is 29.6 Å². The largest absolute Gasteiger partial charge is 0.384 e. The second kappa shape index (κ2) is 6.91. The molecule has 2 aromatic rings. The van der Waals surface area contributed by atoms with Gasteiger partial charge in [-0.3, -0.25) is 4.90 Å². The number of aliphatic hydroxyl groups is 1. The molecule has 21 heavy (non-hydrogen) atoms. The highest BCUT2D eigenvalue weighted by Gasteiger charge is 2.29. The van der Waals surface area contributed by atoms with Gasteiger partial charge >= 0.3 is 0 Å². The molecule has 3 heteroatoms. The molecule has 2 nitrogen and oxygen atoms in total. The summed E-state index contributed by atoms with van der Waals surface area (Å²) in [4.78, 5) is 3.99. The standard InChI is InChI=1S/C18H19NOS/c20-10-2-6-15-4-1-5-16(12-15)13-19(17-8-9-17)14-18-7-3-11-21-18/h1,3-5,7,11-12,17,20H,8-10,13-14H2. The summed E-state index contributed by atoms with van der Waals surface area (Å²) in [5.41, 5.74) is 2.27. The van der Waals surface area contributed by atoms with Crippen LogP contribution in [0.3, 0.4) is 0 Å². The highest BCUT2D eigenvalue weighted by Crippen LogP contribution is 2.30. The van der Waals surface area contributed by atoms with E-state index in [0.29, 0.717) is 0 Å². The highest BCUT2D eigenvalue weighted by atomic mass is 32.1. The topological polar surface area (TPSA) is 23.5 Å². The molecule has 0 spiro atoms. The van der Waals surface area contributed by atoms with Crippen LogP contribution in [-0.2, 0) is 13.1 Å². The molecule has 0 unspecified atom stereocenters. The van der Waals surface area contributed by atoms with Crippen LogP contribution in [0.25, 0.3) is 0 Å². The monoisotopic (exact) mass is 297 g/mol. The zero-order chi connectivity index (χ0) is 14.5. The van der Waals surface area contributed by atoms with E-state index in [1.165, 1.54) is 23.3 Å². The number of hydrogen-bond acceptors (Lipinski definition) is 3. The predicted molar refractivity (Wildman–Crippen MR) is 87.0 cm³/mol. The number of aliphatic hydroxyl groups excluding tert-OH is 1. The Bertz CT molecular complexity index is 635. The first-order valence-corrected chi connectivity index (χ1v) is 8.18. The molecule has 1 heterocycles. The maximum Gasteiger partial charge on any atom is 0.104 e. The minimum Gasteiger partial charge on any atom is -0.384 e. The van der Waals surface area contributed by atoms with Crippen LogP contribution < -0.4 is 0 Å². The van der Waals surface area contributed by atoms with E-state index in [4.69, 9.17) is 5.11 Å². The van der Waals surface area contributed by atoms with Crippen molar-refractivity contribution in [2.24, 2.45) is 0 Å². The molecule has 1 aliphatic carbocycles.